The number of amides is 1. The summed E-state index contributed by atoms with van der Waals surface area (Å²) in [4.78, 5) is 18.9. The van der Waals surface area contributed by atoms with Crippen molar-refractivity contribution in [2.75, 3.05) is 11.4 Å². The number of hydrogen-bond donors (Lipinski definition) is 0. The molecule has 0 unspecified atom stereocenters. The zero-order chi connectivity index (χ0) is 14.9. The molecule has 5 heteroatoms. The van der Waals surface area contributed by atoms with Gasteiger partial charge in [-0.2, -0.15) is 0 Å². The Bertz CT molecular complexity index is 803. The molecule has 3 aromatic rings. The van der Waals surface area contributed by atoms with Crippen LogP contribution < -0.4 is 4.90 Å². The third-order valence-electron chi connectivity index (χ3n) is 4.20. The number of benzene rings is 1. The Labute approximate surface area is 128 Å². The predicted octanol–water partition coefficient (Wildman–Crippen LogP) is 2.66. The fraction of sp³-hybridized carbons (Fsp3) is 0.294. The molecule has 0 saturated heterocycles. The summed E-state index contributed by atoms with van der Waals surface area (Å²) in [6.07, 6.45) is 5.46. The van der Waals surface area contributed by atoms with Crippen molar-refractivity contribution in [2.45, 2.75) is 25.9 Å². The van der Waals surface area contributed by atoms with Crippen molar-refractivity contribution in [1.82, 2.24) is 14.1 Å². The molecule has 0 atom stereocenters. The molecule has 5 nitrogen and oxygen atoms in total. The maximum Gasteiger partial charge on any atom is 0.229 e. The van der Waals surface area contributed by atoms with Crippen molar-refractivity contribution < 1.29 is 4.79 Å². The highest BCUT2D eigenvalue weighted by Crippen LogP contribution is 2.27. The molecule has 0 radical (unpaired) electrons. The minimum Gasteiger partial charge on any atom is -0.354 e. The van der Waals surface area contributed by atoms with E-state index in [0.717, 1.165) is 43.0 Å². The van der Waals surface area contributed by atoms with Gasteiger partial charge in [0.1, 0.15) is 0 Å². The summed E-state index contributed by atoms with van der Waals surface area (Å²) in [6.45, 7) is 2.44. The summed E-state index contributed by atoms with van der Waals surface area (Å²) in [5.41, 5.74) is 2.07. The van der Waals surface area contributed by atoms with Crippen LogP contribution in [0.15, 0.2) is 48.8 Å². The second-order valence-electron chi connectivity index (χ2n) is 5.62. The highest BCUT2D eigenvalue weighted by atomic mass is 16.2. The van der Waals surface area contributed by atoms with E-state index in [-0.39, 0.29) is 5.91 Å². The predicted molar refractivity (Wildman–Crippen MR) is 85.8 cm³/mol. The number of imidazole rings is 1. The summed E-state index contributed by atoms with van der Waals surface area (Å²) < 4.78 is 4.24. The lowest BCUT2D eigenvalue weighted by Gasteiger charge is -2.13. The second kappa shape index (κ2) is 5.33. The largest absolute Gasteiger partial charge is 0.354 e. The highest BCUT2D eigenvalue weighted by molar-refractivity contribution is 5.94. The topological polar surface area (TPSA) is 43.1 Å². The van der Waals surface area contributed by atoms with Gasteiger partial charge >= 0.3 is 0 Å². The zero-order valence-corrected chi connectivity index (χ0v) is 12.4. The van der Waals surface area contributed by atoms with Crippen molar-refractivity contribution in [3.63, 3.8) is 0 Å². The number of anilines is 1. The number of hydrogen-bond acceptors (Lipinski definition) is 2. The normalized spacial score (nSPS) is 13.7. The molecular formula is C17H18N4O. The van der Waals surface area contributed by atoms with Crippen LogP contribution in [0.5, 0.6) is 0 Å². The van der Waals surface area contributed by atoms with Gasteiger partial charge in [0.15, 0.2) is 0 Å². The number of fused-ring (bicyclic) bond motifs is 3. The molecule has 1 aromatic carbocycles. The van der Waals surface area contributed by atoms with Gasteiger partial charge in [0, 0.05) is 38.4 Å². The molecule has 0 aliphatic carbocycles. The standard InChI is InChI=1S/C17H18N4O/c22-16(8-5-11-19-9-3-4-10-19)21-13-12-20-15-7-2-1-6-14(15)18-17(20)21/h1-4,6-7,9-10H,5,8,11-13H2. The fourth-order valence-corrected chi connectivity index (χ4v) is 3.09. The molecule has 0 saturated carbocycles. The van der Waals surface area contributed by atoms with Crippen LogP contribution >= 0.6 is 0 Å². The summed E-state index contributed by atoms with van der Waals surface area (Å²) in [6, 6.07) is 12.1. The summed E-state index contributed by atoms with van der Waals surface area (Å²) in [5, 5.41) is 0. The smallest absolute Gasteiger partial charge is 0.229 e. The third-order valence-corrected chi connectivity index (χ3v) is 4.20. The lowest BCUT2D eigenvalue weighted by Crippen LogP contribution is -2.29. The van der Waals surface area contributed by atoms with Crippen molar-refractivity contribution in [2.24, 2.45) is 0 Å². The van der Waals surface area contributed by atoms with Crippen molar-refractivity contribution in [1.29, 1.82) is 0 Å². The van der Waals surface area contributed by atoms with Gasteiger partial charge in [-0.1, -0.05) is 12.1 Å². The van der Waals surface area contributed by atoms with Crippen LogP contribution in [0.3, 0.4) is 0 Å². The van der Waals surface area contributed by atoms with Gasteiger partial charge in [0.25, 0.3) is 0 Å². The molecule has 0 fully saturated rings. The minimum atomic E-state index is 0.168. The third kappa shape index (κ3) is 2.19. The van der Waals surface area contributed by atoms with Gasteiger partial charge in [0.05, 0.1) is 11.0 Å². The van der Waals surface area contributed by atoms with Crippen LogP contribution in [0.1, 0.15) is 12.8 Å². The Balaban J connectivity index is 1.47. The molecule has 1 amide bonds. The molecule has 1 aliphatic rings. The van der Waals surface area contributed by atoms with Crippen LogP contribution in [0.25, 0.3) is 11.0 Å². The van der Waals surface area contributed by atoms with Gasteiger partial charge in [0.2, 0.25) is 11.9 Å². The minimum absolute atomic E-state index is 0.168. The Hall–Kier alpha value is -2.56. The van der Waals surface area contributed by atoms with Crippen molar-refractivity contribution in [3.8, 4) is 0 Å². The monoisotopic (exact) mass is 294 g/mol. The average Bonchev–Trinajstić information content (AvgIpc) is 3.23. The first-order valence-electron chi connectivity index (χ1n) is 7.69. The molecule has 0 bridgehead atoms. The van der Waals surface area contributed by atoms with Gasteiger partial charge < -0.3 is 9.13 Å². The first-order chi connectivity index (χ1) is 10.8. The average molecular weight is 294 g/mol. The van der Waals surface area contributed by atoms with E-state index in [1.54, 1.807) is 0 Å². The van der Waals surface area contributed by atoms with Crippen LogP contribution in [-0.4, -0.2) is 26.6 Å². The summed E-state index contributed by atoms with van der Waals surface area (Å²) in [5.74, 6) is 0.966. The molecule has 112 valence electrons. The van der Waals surface area contributed by atoms with E-state index in [9.17, 15) is 4.79 Å². The van der Waals surface area contributed by atoms with Crippen LogP contribution in [0.2, 0.25) is 0 Å². The first-order valence-corrected chi connectivity index (χ1v) is 7.69. The Morgan fingerprint density at radius 1 is 1.09 bits per heavy atom. The fourth-order valence-electron chi connectivity index (χ4n) is 3.09. The van der Waals surface area contributed by atoms with Gasteiger partial charge in [-0.3, -0.25) is 9.69 Å². The van der Waals surface area contributed by atoms with Crippen LogP contribution in [0.4, 0.5) is 5.95 Å². The maximum absolute atomic E-state index is 12.5. The zero-order valence-electron chi connectivity index (χ0n) is 12.4. The highest BCUT2D eigenvalue weighted by Gasteiger charge is 2.27. The van der Waals surface area contributed by atoms with E-state index in [2.05, 4.69) is 20.2 Å². The van der Waals surface area contributed by atoms with E-state index < -0.39 is 0 Å². The Morgan fingerprint density at radius 2 is 1.91 bits per heavy atom. The van der Waals surface area contributed by atoms with Gasteiger partial charge in [-0.05, 0) is 30.7 Å². The number of nitrogens with zero attached hydrogens (tertiary/aromatic N) is 4. The number of rotatable bonds is 4. The molecule has 1 aliphatic heterocycles. The number of para-hydroxylation sites is 2. The lowest BCUT2D eigenvalue weighted by atomic mass is 10.2. The first kappa shape index (κ1) is 13.1. The molecule has 22 heavy (non-hydrogen) atoms. The number of aryl methyl sites for hydroxylation is 1. The van der Waals surface area contributed by atoms with E-state index in [1.165, 1.54) is 0 Å². The molecule has 0 N–H and O–H groups in total. The Morgan fingerprint density at radius 3 is 2.77 bits per heavy atom. The van der Waals surface area contributed by atoms with Gasteiger partial charge in [-0.15, -0.1) is 0 Å². The van der Waals surface area contributed by atoms with Gasteiger partial charge in [-0.25, -0.2) is 4.98 Å². The second-order valence-corrected chi connectivity index (χ2v) is 5.62. The van der Waals surface area contributed by atoms with Crippen LogP contribution in [-0.2, 0) is 17.9 Å². The molecule has 3 heterocycles. The Kier molecular flexibility index (Phi) is 3.18. The summed E-state index contributed by atoms with van der Waals surface area (Å²) in [7, 11) is 0. The number of carbonyl (C=O) groups is 1. The SMILES string of the molecule is O=C(CCCn1cccc1)N1CCn2c1nc1ccccc12. The van der Waals surface area contributed by atoms with Crippen LogP contribution in [0, 0.1) is 0 Å². The summed E-state index contributed by atoms with van der Waals surface area (Å²) >= 11 is 0. The quantitative estimate of drug-likeness (QED) is 0.742. The maximum atomic E-state index is 12.5. The van der Waals surface area contributed by atoms with Crippen molar-refractivity contribution in [3.05, 3.63) is 48.8 Å². The van der Waals surface area contributed by atoms with E-state index >= 15 is 0 Å². The molecule has 0 spiro atoms. The lowest BCUT2D eigenvalue weighted by molar-refractivity contribution is -0.118. The van der Waals surface area contributed by atoms with E-state index in [0.29, 0.717) is 6.42 Å². The molecular weight excluding hydrogens is 276 g/mol. The molecule has 4 rings (SSSR count). The molecule has 2 aromatic heterocycles. The van der Waals surface area contributed by atoms with E-state index in [1.807, 2.05) is 47.6 Å². The van der Waals surface area contributed by atoms with E-state index in [4.69, 9.17) is 0 Å². The number of aromatic nitrogens is 3. The number of carbonyl (C=O) groups excluding carboxylic acids is 1. The van der Waals surface area contributed by atoms with Crippen molar-refractivity contribution >= 4 is 22.9 Å².